The standard InChI is InChI=1S/C20H27N5O3/c1-14-5-8-22-12-15(14)25-16-11-17(24-13-23-16)27-20(6-9-21-10-7-20)18(26)28-19(2,3)4/h5,8,11-13,21H,6-7,9-10H2,1-4H3,(H,23,24,25). The van der Waals surface area contributed by atoms with E-state index in [0.717, 1.165) is 11.3 Å². The molecule has 0 atom stereocenters. The fourth-order valence-corrected chi connectivity index (χ4v) is 2.95. The maximum atomic E-state index is 12.9. The molecule has 1 aliphatic rings. The molecule has 3 rings (SSSR count). The topological polar surface area (TPSA) is 98.3 Å². The molecule has 28 heavy (non-hydrogen) atoms. The first-order valence-corrected chi connectivity index (χ1v) is 9.40. The summed E-state index contributed by atoms with van der Waals surface area (Å²) in [5, 5.41) is 6.46. The maximum Gasteiger partial charge on any atom is 0.351 e. The lowest BCUT2D eigenvalue weighted by Crippen LogP contribution is -2.54. The van der Waals surface area contributed by atoms with Crippen LogP contribution >= 0.6 is 0 Å². The van der Waals surface area contributed by atoms with E-state index < -0.39 is 11.2 Å². The summed E-state index contributed by atoms with van der Waals surface area (Å²) in [6.45, 7) is 8.87. The Morgan fingerprint density at radius 3 is 2.68 bits per heavy atom. The Bertz CT molecular complexity index is 829. The molecule has 0 unspecified atom stereocenters. The van der Waals surface area contributed by atoms with Gasteiger partial charge in [-0.1, -0.05) is 0 Å². The number of nitrogens with one attached hydrogen (secondary N) is 2. The van der Waals surface area contributed by atoms with Crippen molar-refractivity contribution in [2.75, 3.05) is 18.4 Å². The number of rotatable bonds is 5. The van der Waals surface area contributed by atoms with Gasteiger partial charge in [-0.15, -0.1) is 0 Å². The van der Waals surface area contributed by atoms with Crippen molar-refractivity contribution in [2.24, 2.45) is 0 Å². The molecule has 2 aromatic heterocycles. The van der Waals surface area contributed by atoms with Gasteiger partial charge in [0.2, 0.25) is 11.5 Å². The van der Waals surface area contributed by atoms with Crippen LogP contribution in [0.5, 0.6) is 5.88 Å². The van der Waals surface area contributed by atoms with Crippen LogP contribution in [0.1, 0.15) is 39.2 Å². The van der Waals surface area contributed by atoms with E-state index in [1.807, 2.05) is 33.8 Å². The number of carbonyl (C=O) groups excluding carboxylic acids is 1. The number of ether oxygens (including phenoxy) is 2. The molecule has 0 amide bonds. The van der Waals surface area contributed by atoms with Crippen LogP contribution in [0.2, 0.25) is 0 Å². The quantitative estimate of drug-likeness (QED) is 0.758. The van der Waals surface area contributed by atoms with Crippen LogP contribution < -0.4 is 15.4 Å². The van der Waals surface area contributed by atoms with E-state index in [0.29, 0.717) is 37.6 Å². The van der Waals surface area contributed by atoms with E-state index in [1.165, 1.54) is 6.33 Å². The highest BCUT2D eigenvalue weighted by Crippen LogP contribution is 2.30. The molecule has 0 bridgehead atoms. The number of piperidine rings is 1. The highest BCUT2D eigenvalue weighted by molar-refractivity contribution is 5.80. The first-order chi connectivity index (χ1) is 13.3. The first kappa shape index (κ1) is 20.0. The minimum Gasteiger partial charge on any atom is -0.459 e. The van der Waals surface area contributed by atoms with Crippen LogP contribution in [0.25, 0.3) is 0 Å². The molecule has 0 saturated carbocycles. The lowest BCUT2D eigenvalue weighted by atomic mass is 9.92. The second-order valence-corrected chi connectivity index (χ2v) is 7.91. The Balaban J connectivity index is 1.81. The van der Waals surface area contributed by atoms with Crippen LogP contribution in [0.4, 0.5) is 11.5 Å². The Kier molecular flexibility index (Phi) is 5.79. The number of anilines is 2. The molecule has 1 saturated heterocycles. The van der Waals surface area contributed by atoms with E-state index in [4.69, 9.17) is 9.47 Å². The molecule has 1 aliphatic heterocycles. The third-order valence-electron chi connectivity index (χ3n) is 4.43. The van der Waals surface area contributed by atoms with Crippen LogP contribution in [0, 0.1) is 6.92 Å². The van der Waals surface area contributed by atoms with Crippen molar-refractivity contribution < 1.29 is 14.3 Å². The summed E-state index contributed by atoms with van der Waals surface area (Å²) in [4.78, 5) is 25.5. The predicted molar refractivity (Wildman–Crippen MR) is 106 cm³/mol. The third kappa shape index (κ3) is 4.95. The van der Waals surface area contributed by atoms with Gasteiger partial charge < -0.3 is 20.1 Å². The van der Waals surface area contributed by atoms with Gasteiger partial charge in [-0.25, -0.2) is 14.8 Å². The number of carbonyl (C=O) groups is 1. The van der Waals surface area contributed by atoms with E-state index in [9.17, 15) is 4.79 Å². The fraction of sp³-hybridized carbons (Fsp3) is 0.500. The van der Waals surface area contributed by atoms with Crippen molar-refractivity contribution in [1.29, 1.82) is 0 Å². The molecule has 150 valence electrons. The highest BCUT2D eigenvalue weighted by atomic mass is 16.6. The fourth-order valence-electron chi connectivity index (χ4n) is 2.95. The normalized spacial score (nSPS) is 16.3. The zero-order valence-corrected chi connectivity index (χ0v) is 16.8. The number of aromatic nitrogens is 3. The van der Waals surface area contributed by atoms with Crippen molar-refractivity contribution in [3.05, 3.63) is 36.4 Å². The predicted octanol–water partition coefficient (Wildman–Crippen LogP) is 2.77. The van der Waals surface area contributed by atoms with Gasteiger partial charge in [0, 0.05) is 25.1 Å². The van der Waals surface area contributed by atoms with Gasteiger partial charge in [-0.05, 0) is 52.4 Å². The summed E-state index contributed by atoms with van der Waals surface area (Å²) in [5.74, 6) is 0.527. The zero-order chi connectivity index (χ0) is 20.2. The number of aryl methyl sites for hydroxylation is 1. The number of hydrogen-bond donors (Lipinski definition) is 2. The average molecular weight is 385 g/mol. The number of pyridine rings is 1. The van der Waals surface area contributed by atoms with Gasteiger partial charge in [0.15, 0.2) is 0 Å². The van der Waals surface area contributed by atoms with Crippen LogP contribution in [0.15, 0.2) is 30.9 Å². The molecule has 3 heterocycles. The lowest BCUT2D eigenvalue weighted by molar-refractivity contribution is -0.176. The van der Waals surface area contributed by atoms with Crippen molar-refractivity contribution in [1.82, 2.24) is 20.3 Å². The minimum atomic E-state index is -1.06. The smallest absolute Gasteiger partial charge is 0.351 e. The summed E-state index contributed by atoms with van der Waals surface area (Å²) >= 11 is 0. The van der Waals surface area contributed by atoms with Gasteiger partial charge in [0.1, 0.15) is 17.7 Å². The molecule has 0 radical (unpaired) electrons. The molecule has 0 aromatic carbocycles. The summed E-state index contributed by atoms with van der Waals surface area (Å²) in [6, 6.07) is 3.59. The summed E-state index contributed by atoms with van der Waals surface area (Å²) in [6.07, 6.45) is 5.89. The maximum absolute atomic E-state index is 12.9. The molecule has 8 heteroatoms. The highest BCUT2D eigenvalue weighted by Gasteiger charge is 2.45. The van der Waals surface area contributed by atoms with E-state index in [1.54, 1.807) is 18.5 Å². The monoisotopic (exact) mass is 385 g/mol. The molecule has 2 N–H and O–H groups in total. The average Bonchev–Trinajstić information content (AvgIpc) is 2.63. The van der Waals surface area contributed by atoms with E-state index in [2.05, 4.69) is 25.6 Å². The summed E-state index contributed by atoms with van der Waals surface area (Å²) in [5.41, 5.74) is 0.235. The Morgan fingerprint density at radius 1 is 1.25 bits per heavy atom. The SMILES string of the molecule is Cc1ccncc1Nc1cc(OC2(C(=O)OC(C)(C)C)CCNCC2)ncn1. The molecular weight excluding hydrogens is 358 g/mol. The number of hydrogen-bond acceptors (Lipinski definition) is 8. The molecular formula is C20H27N5O3. The van der Waals surface area contributed by atoms with Gasteiger partial charge >= 0.3 is 5.97 Å². The first-order valence-electron chi connectivity index (χ1n) is 9.40. The minimum absolute atomic E-state index is 0.326. The molecule has 0 spiro atoms. The Morgan fingerprint density at radius 2 is 2.00 bits per heavy atom. The van der Waals surface area contributed by atoms with Gasteiger partial charge in [-0.3, -0.25) is 4.98 Å². The summed E-state index contributed by atoms with van der Waals surface area (Å²) in [7, 11) is 0. The Labute approximate surface area is 165 Å². The number of esters is 1. The van der Waals surface area contributed by atoms with Gasteiger partial charge in [0.05, 0.1) is 11.9 Å². The van der Waals surface area contributed by atoms with E-state index in [-0.39, 0.29) is 5.97 Å². The molecule has 8 nitrogen and oxygen atoms in total. The van der Waals surface area contributed by atoms with Crippen LogP contribution in [0.3, 0.4) is 0 Å². The molecule has 0 aliphatic carbocycles. The van der Waals surface area contributed by atoms with Crippen molar-refractivity contribution in [3.8, 4) is 5.88 Å². The van der Waals surface area contributed by atoms with Gasteiger partial charge in [-0.2, -0.15) is 0 Å². The molecule has 1 fully saturated rings. The molecule has 2 aromatic rings. The zero-order valence-electron chi connectivity index (χ0n) is 16.8. The largest absolute Gasteiger partial charge is 0.459 e. The second kappa shape index (κ2) is 8.10. The van der Waals surface area contributed by atoms with Crippen LogP contribution in [-0.4, -0.2) is 45.2 Å². The van der Waals surface area contributed by atoms with Crippen molar-refractivity contribution in [2.45, 2.75) is 51.7 Å². The van der Waals surface area contributed by atoms with E-state index >= 15 is 0 Å². The Hall–Kier alpha value is -2.74. The number of nitrogens with zero attached hydrogens (tertiary/aromatic N) is 3. The van der Waals surface area contributed by atoms with Crippen molar-refractivity contribution >= 4 is 17.5 Å². The van der Waals surface area contributed by atoms with Crippen LogP contribution in [-0.2, 0) is 9.53 Å². The third-order valence-corrected chi connectivity index (χ3v) is 4.43. The van der Waals surface area contributed by atoms with Crippen molar-refractivity contribution in [3.63, 3.8) is 0 Å². The second-order valence-electron chi connectivity index (χ2n) is 7.91. The lowest BCUT2D eigenvalue weighted by Gasteiger charge is -2.37. The summed E-state index contributed by atoms with van der Waals surface area (Å²) < 4.78 is 11.8. The van der Waals surface area contributed by atoms with Gasteiger partial charge in [0.25, 0.3) is 0 Å².